The summed E-state index contributed by atoms with van der Waals surface area (Å²) < 4.78 is 0. The van der Waals surface area contributed by atoms with Gasteiger partial charge < -0.3 is 40.7 Å². The maximum absolute atomic E-state index is 10.6. The van der Waals surface area contributed by atoms with Crippen molar-refractivity contribution < 1.29 is 68.9 Å². The first-order chi connectivity index (χ1) is 24.1. The van der Waals surface area contributed by atoms with E-state index in [1.165, 1.54) is 0 Å². The van der Waals surface area contributed by atoms with E-state index in [4.69, 9.17) is 0 Å². The van der Waals surface area contributed by atoms with Crippen molar-refractivity contribution in [3.05, 3.63) is 163 Å². The molecule has 8 N–H and O–H groups in total. The van der Waals surface area contributed by atoms with Crippen LogP contribution in [0.3, 0.4) is 0 Å². The molecule has 0 fully saturated rings. The Morgan fingerprint density at radius 3 is 0.962 bits per heavy atom. The van der Waals surface area contributed by atoms with Crippen molar-refractivity contribution in [2.45, 2.75) is 0 Å². The Kier molecular flexibility index (Phi) is 16.0. The number of benzene rings is 2. The van der Waals surface area contributed by atoms with Gasteiger partial charge in [-0.05, 0) is 24.3 Å². The fourth-order valence-electron chi connectivity index (χ4n) is 4.48. The third-order valence-electron chi connectivity index (χ3n) is 6.77. The number of aromatic carboxylic acids is 2. The maximum atomic E-state index is 10.6. The number of carboxylic acids is 2. The second-order valence-corrected chi connectivity index (χ2v) is 9.98. The molecule has 0 unspecified atom stereocenters. The van der Waals surface area contributed by atoms with Gasteiger partial charge in [0, 0.05) is 96.9 Å². The van der Waals surface area contributed by atoms with Gasteiger partial charge in [0.15, 0.2) is 0 Å². The number of nitrogens with one attached hydrogen (secondary N) is 4. The first kappa shape index (κ1) is 42.7. The number of H-pyrrole nitrogens is 4. The third kappa shape index (κ3) is 10.8. The molecule has 0 spiro atoms. The molecule has 0 atom stereocenters. The molecule has 6 aromatic heterocycles. The molecule has 53 heavy (non-hydrogen) atoms. The molecule has 8 rings (SSSR count). The second kappa shape index (κ2) is 19.8. The zero-order valence-electron chi connectivity index (χ0n) is 26.8. The van der Waals surface area contributed by atoms with Crippen LogP contribution >= 0.6 is 0 Å². The van der Waals surface area contributed by atoms with Crippen molar-refractivity contribution in [1.29, 1.82) is 0 Å². The summed E-state index contributed by atoms with van der Waals surface area (Å²) in [7, 11) is 0. The molecule has 8 aromatic rings. The van der Waals surface area contributed by atoms with E-state index in [9.17, 15) is 39.0 Å². The molecule has 0 aliphatic heterocycles. The van der Waals surface area contributed by atoms with Gasteiger partial charge >= 0.3 is 11.4 Å². The van der Waals surface area contributed by atoms with Crippen LogP contribution in [0.4, 0.5) is 0 Å². The van der Waals surface area contributed by atoms with Crippen LogP contribution in [0.15, 0.2) is 129 Å². The number of carboxylic acid groups (broad SMARTS) is 2. The number of hydrogen-bond donors (Lipinski definition) is 4. The van der Waals surface area contributed by atoms with Gasteiger partial charge in [-0.15, -0.1) is 0 Å². The fraction of sp³-hybridized carbons (Fsp3) is 0. The predicted octanol–water partition coefficient (Wildman–Crippen LogP) is -1.23. The number of pyridine rings is 4. The zero-order chi connectivity index (χ0) is 35.6. The molecule has 0 bridgehead atoms. The van der Waals surface area contributed by atoms with Crippen LogP contribution in [-0.4, -0.2) is 62.8 Å². The van der Waals surface area contributed by atoms with Crippen molar-refractivity contribution in [3.8, 4) is 0 Å². The van der Waals surface area contributed by atoms with Crippen LogP contribution in [-0.2, 0) is 0 Å². The molecule has 19 heteroatoms. The van der Waals surface area contributed by atoms with Gasteiger partial charge in [0.05, 0.1) is 45.1 Å². The first-order valence-corrected chi connectivity index (χ1v) is 14.4. The summed E-state index contributed by atoms with van der Waals surface area (Å²) in [4.78, 5) is 86.8. The Morgan fingerprint density at radius 2 is 0.736 bits per heavy atom. The minimum Gasteiger partial charge on any atom is -0.545 e. The van der Waals surface area contributed by atoms with Gasteiger partial charge in [-0.3, -0.25) is 39.5 Å². The maximum Gasteiger partial charge on any atom is 0.325 e. The second-order valence-electron chi connectivity index (χ2n) is 9.98. The Hall–Kier alpha value is -6.43. The largest absolute Gasteiger partial charge is 0.545 e. The first-order valence-electron chi connectivity index (χ1n) is 14.4. The molecule has 0 saturated heterocycles. The average Bonchev–Trinajstić information content (AvgIpc) is 3.12. The van der Waals surface area contributed by atoms with Crippen LogP contribution in [0.2, 0.25) is 0 Å². The summed E-state index contributed by atoms with van der Waals surface area (Å²) >= 11 is 0. The number of hydrogen-bond acceptors (Lipinski definition) is 12. The van der Waals surface area contributed by atoms with E-state index in [-0.39, 0.29) is 49.1 Å². The van der Waals surface area contributed by atoms with Crippen LogP contribution < -0.4 is 32.7 Å². The van der Waals surface area contributed by atoms with Crippen LogP contribution in [0.1, 0.15) is 20.7 Å². The molecule has 274 valence electrons. The Labute approximate surface area is 325 Å². The van der Waals surface area contributed by atoms with E-state index < -0.39 is 45.6 Å². The van der Waals surface area contributed by atoms with Crippen LogP contribution in [0, 0.1) is 38.2 Å². The fourth-order valence-corrected chi connectivity index (χ4v) is 4.48. The molecule has 6 heterocycles. The van der Waals surface area contributed by atoms with Gasteiger partial charge in [0.25, 0.3) is 11.1 Å². The summed E-state index contributed by atoms with van der Waals surface area (Å²) in [6.45, 7) is 0. The van der Waals surface area contributed by atoms with Crippen LogP contribution in [0.5, 0.6) is 0 Å². The number of nitrogens with zero attached hydrogens (tertiary/aromatic N) is 4. The normalized spacial score (nSPS) is 9.66. The van der Waals surface area contributed by atoms with Crippen molar-refractivity contribution >= 4 is 55.6 Å². The molecule has 0 aliphatic carbocycles. The van der Waals surface area contributed by atoms with Gasteiger partial charge in [0.2, 0.25) is 0 Å². The predicted molar refractivity (Wildman–Crippen MR) is 185 cm³/mol. The van der Waals surface area contributed by atoms with E-state index in [0.29, 0.717) is 0 Å². The monoisotopic (exact) mass is 870 g/mol. The number of rotatable bonds is 2. The van der Waals surface area contributed by atoms with E-state index >= 15 is 0 Å². The summed E-state index contributed by atoms with van der Waals surface area (Å²) in [6.07, 6.45) is 8.78. The Morgan fingerprint density at radius 1 is 0.472 bits per heavy atom. The van der Waals surface area contributed by atoms with E-state index in [1.54, 1.807) is 34.8 Å². The van der Waals surface area contributed by atoms with Gasteiger partial charge in [0.1, 0.15) is 0 Å². The van der Waals surface area contributed by atoms with Gasteiger partial charge in [-0.25, -0.2) is 9.59 Å². The summed E-state index contributed by atoms with van der Waals surface area (Å²) in [5.41, 5.74) is -0.705. The number of aromatic amines is 4. The standard InChI is InChI=1S/2C12H8N2.2C5H4N2O4.Dy.2H2O/c2*1-3-9-5-6-10-4-2-8-14-12(10)11(9)13-7-1;2*8-3-2(4(9)10)1-6-5(11)7-3;;;/h2*1-8H;2*1H,(H,9,10)(H2,6,7,8,11);;2*1H2/p-2. The summed E-state index contributed by atoms with van der Waals surface area (Å²) in [5.74, 6) is -3.25. The SMILES string of the molecule is O.O.O=C([O-])c1c[nH]c(=O)[nH]c1=O.O=C([O-])c1c[nH]c(=O)[nH]c1=O.[Dy].c1cnc2c(c1)ccc1cccnc12.c1cnc2c(c1)ccc1cccnc12. The minimum atomic E-state index is -1.62. The molecule has 0 aliphatic rings. The van der Waals surface area contributed by atoms with E-state index in [0.717, 1.165) is 56.0 Å². The molecular weight excluding hydrogens is 843 g/mol. The third-order valence-corrected chi connectivity index (χ3v) is 6.77. The van der Waals surface area contributed by atoms with E-state index in [1.807, 2.05) is 34.2 Å². The molecule has 0 radical (unpaired) electrons. The molecule has 18 nitrogen and oxygen atoms in total. The topological polar surface area (TPSA) is 326 Å². The summed E-state index contributed by atoms with van der Waals surface area (Å²) in [6, 6.07) is 24.3. The van der Waals surface area contributed by atoms with E-state index in [2.05, 4.69) is 68.5 Å². The van der Waals surface area contributed by atoms with Crippen LogP contribution in [0.25, 0.3) is 43.6 Å². The average molecular weight is 869 g/mol. The quantitative estimate of drug-likeness (QED) is 0.149. The number of carbonyl (C=O) groups excluding carboxylic acids is 2. The number of aromatic nitrogens is 8. The summed E-state index contributed by atoms with van der Waals surface area (Å²) in [5, 5.41) is 24.7. The van der Waals surface area contributed by atoms with Gasteiger partial charge in [-0.1, -0.05) is 48.5 Å². The molecule has 2 aromatic carbocycles. The smallest absolute Gasteiger partial charge is 0.325 e. The zero-order valence-corrected chi connectivity index (χ0v) is 28.8. The number of fused-ring (bicyclic) bond motifs is 6. The molecular formula is C34H26DyN8O10-2. The van der Waals surface area contributed by atoms with Crippen molar-refractivity contribution in [3.63, 3.8) is 0 Å². The molecule has 0 saturated carbocycles. The van der Waals surface area contributed by atoms with Crippen molar-refractivity contribution in [1.82, 2.24) is 39.9 Å². The number of carbonyl (C=O) groups is 2. The molecule has 0 amide bonds. The van der Waals surface area contributed by atoms with Gasteiger partial charge in [-0.2, -0.15) is 0 Å². The Bertz CT molecular complexity index is 2450. The minimum absolute atomic E-state index is 0. The van der Waals surface area contributed by atoms with Crippen molar-refractivity contribution in [2.24, 2.45) is 0 Å². The van der Waals surface area contributed by atoms with Crippen molar-refractivity contribution in [2.75, 3.05) is 0 Å². The Balaban J connectivity index is 0.000000242.